The standard InChI is InChI=1S/C28H32N6OS/c1-4-6-8-22(5-2)28(12-14-34(3)15-13-28)33-27-30-18-21(19-31-27)26(35)32-24-17-20(10-11-23(24)29)25-9-7-16-36-25/h4-11,16-19H,1,12-15,29H2,2-3H3,(H,32,35)(H,30,31,33)/b8-6-,22-5+. The number of nitrogens with zero attached hydrogens (tertiary/aromatic N) is 3. The molecule has 0 unspecified atom stereocenters. The first-order valence-electron chi connectivity index (χ1n) is 11.9. The second-order valence-corrected chi connectivity index (χ2v) is 9.83. The number of rotatable bonds is 8. The summed E-state index contributed by atoms with van der Waals surface area (Å²) in [6.07, 6.45) is 12.8. The first kappa shape index (κ1) is 25.3. The van der Waals surface area contributed by atoms with Crippen molar-refractivity contribution >= 4 is 34.6 Å². The molecular weight excluding hydrogens is 468 g/mol. The van der Waals surface area contributed by atoms with Crippen molar-refractivity contribution in [3.8, 4) is 10.4 Å². The van der Waals surface area contributed by atoms with Crippen LogP contribution in [0.2, 0.25) is 0 Å². The third-order valence-electron chi connectivity index (χ3n) is 6.49. The van der Waals surface area contributed by atoms with Crippen LogP contribution in [0, 0.1) is 0 Å². The van der Waals surface area contributed by atoms with Gasteiger partial charge in [0, 0.05) is 30.4 Å². The number of allylic oxidation sites excluding steroid dienone is 3. The van der Waals surface area contributed by atoms with Crippen molar-refractivity contribution < 1.29 is 4.79 Å². The molecule has 1 saturated heterocycles. The van der Waals surface area contributed by atoms with E-state index >= 15 is 0 Å². The predicted octanol–water partition coefficient (Wildman–Crippen LogP) is 5.60. The highest BCUT2D eigenvalue weighted by atomic mass is 32.1. The Bertz CT molecular complexity index is 1260. The van der Waals surface area contributed by atoms with Gasteiger partial charge in [-0.1, -0.05) is 43.0 Å². The first-order valence-corrected chi connectivity index (χ1v) is 12.8. The number of amides is 1. The molecule has 3 heterocycles. The molecule has 1 fully saturated rings. The van der Waals surface area contributed by atoms with E-state index in [4.69, 9.17) is 5.73 Å². The molecule has 1 aromatic carbocycles. The zero-order valence-corrected chi connectivity index (χ0v) is 21.5. The fourth-order valence-electron chi connectivity index (χ4n) is 4.37. The number of likely N-dealkylation sites (tertiary alicyclic amines) is 1. The van der Waals surface area contributed by atoms with Crippen LogP contribution < -0.4 is 16.4 Å². The third-order valence-corrected chi connectivity index (χ3v) is 7.41. The number of benzene rings is 1. The zero-order chi connectivity index (χ0) is 25.5. The van der Waals surface area contributed by atoms with Gasteiger partial charge in [-0.2, -0.15) is 0 Å². The Morgan fingerprint density at radius 2 is 1.97 bits per heavy atom. The minimum atomic E-state index is -0.311. The molecule has 8 heteroatoms. The number of anilines is 3. The maximum atomic E-state index is 12.9. The fraction of sp³-hybridized carbons (Fsp3) is 0.250. The average Bonchev–Trinajstić information content (AvgIpc) is 3.43. The van der Waals surface area contributed by atoms with Crippen molar-refractivity contribution in [3.63, 3.8) is 0 Å². The highest BCUT2D eigenvalue weighted by molar-refractivity contribution is 7.13. The lowest BCUT2D eigenvalue weighted by atomic mass is 9.80. The van der Waals surface area contributed by atoms with Crippen molar-refractivity contribution in [3.05, 3.63) is 90.1 Å². The summed E-state index contributed by atoms with van der Waals surface area (Å²) in [4.78, 5) is 25.3. The Morgan fingerprint density at radius 1 is 1.22 bits per heavy atom. The fourth-order valence-corrected chi connectivity index (χ4v) is 5.09. The number of aromatic nitrogens is 2. The van der Waals surface area contributed by atoms with Crippen LogP contribution in [0.1, 0.15) is 30.1 Å². The van der Waals surface area contributed by atoms with Crippen molar-refractivity contribution in [2.75, 3.05) is 36.5 Å². The van der Waals surface area contributed by atoms with E-state index in [-0.39, 0.29) is 11.4 Å². The van der Waals surface area contributed by atoms with E-state index in [1.807, 2.05) is 42.6 Å². The minimum absolute atomic E-state index is 0.290. The highest BCUT2D eigenvalue weighted by Gasteiger charge is 2.36. The molecule has 0 aliphatic carbocycles. The molecule has 4 rings (SSSR count). The van der Waals surface area contributed by atoms with Crippen LogP contribution in [-0.4, -0.2) is 46.5 Å². The quantitative estimate of drug-likeness (QED) is 0.275. The van der Waals surface area contributed by atoms with Crippen molar-refractivity contribution in [2.45, 2.75) is 25.3 Å². The monoisotopic (exact) mass is 500 g/mol. The van der Waals surface area contributed by atoms with Gasteiger partial charge in [0.05, 0.1) is 22.5 Å². The summed E-state index contributed by atoms with van der Waals surface area (Å²) in [6, 6.07) is 9.66. The summed E-state index contributed by atoms with van der Waals surface area (Å²) in [6.45, 7) is 7.75. The second kappa shape index (κ2) is 11.3. The smallest absolute Gasteiger partial charge is 0.258 e. The molecule has 7 nitrogen and oxygen atoms in total. The molecular formula is C28H32N6OS. The molecule has 1 amide bonds. The van der Waals surface area contributed by atoms with Gasteiger partial charge in [-0.3, -0.25) is 4.79 Å². The van der Waals surface area contributed by atoms with Gasteiger partial charge in [0.2, 0.25) is 5.95 Å². The van der Waals surface area contributed by atoms with Crippen molar-refractivity contribution in [1.29, 1.82) is 0 Å². The van der Waals surface area contributed by atoms with E-state index in [1.54, 1.807) is 35.9 Å². The molecule has 2 aromatic heterocycles. The number of hydrogen-bond acceptors (Lipinski definition) is 7. The Labute approximate surface area is 216 Å². The first-order chi connectivity index (χ1) is 17.4. The molecule has 4 N–H and O–H groups in total. The van der Waals surface area contributed by atoms with Crippen LogP contribution in [0.4, 0.5) is 17.3 Å². The number of thiophene rings is 1. The summed E-state index contributed by atoms with van der Waals surface area (Å²) >= 11 is 1.63. The number of hydrogen-bond donors (Lipinski definition) is 3. The number of nitrogens with two attached hydrogens (primary N) is 1. The van der Waals surface area contributed by atoms with Gasteiger partial charge >= 0.3 is 0 Å². The van der Waals surface area contributed by atoms with E-state index in [0.717, 1.165) is 36.4 Å². The Kier molecular flexibility index (Phi) is 7.97. The predicted molar refractivity (Wildman–Crippen MR) is 150 cm³/mol. The molecule has 3 aromatic rings. The van der Waals surface area contributed by atoms with Gasteiger partial charge in [-0.05, 0) is 61.5 Å². The Morgan fingerprint density at radius 3 is 2.61 bits per heavy atom. The summed E-state index contributed by atoms with van der Waals surface area (Å²) in [7, 11) is 2.13. The number of nitrogen functional groups attached to an aromatic ring is 1. The summed E-state index contributed by atoms with van der Waals surface area (Å²) < 4.78 is 0. The molecule has 0 atom stereocenters. The Hall–Kier alpha value is -3.75. The lowest BCUT2D eigenvalue weighted by Crippen LogP contribution is -2.49. The molecule has 1 aliphatic rings. The van der Waals surface area contributed by atoms with E-state index in [9.17, 15) is 4.79 Å². The average molecular weight is 501 g/mol. The van der Waals surface area contributed by atoms with E-state index in [2.05, 4.69) is 51.3 Å². The van der Waals surface area contributed by atoms with Crippen LogP contribution in [0.3, 0.4) is 0 Å². The minimum Gasteiger partial charge on any atom is -0.397 e. The highest BCUT2D eigenvalue weighted by Crippen LogP contribution is 2.34. The zero-order valence-electron chi connectivity index (χ0n) is 20.7. The number of carbonyl (C=O) groups excluding carboxylic acids is 1. The molecule has 36 heavy (non-hydrogen) atoms. The molecule has 0 radical (unpaired) electrons. The molecule has 186 valence electrons. The van der Waals surface area contributed by atoms with Gasteiger partial charge in [0.1, 0.15) is 0 Å². The lowest BCUT2D eigenvalue weighted by Gasteiger charge is -2.42. The van der Waals surface area contributed by atoms with Gasteiger partial charge in [-0.25, -0.2) is 9.97 Å². The lowest BCUT2D eigenvalue weighted by molar-refractivity contribution is 0.102. The number of nitrogens with one attached hydrogen (secondary N) is 2. The van der Waals surface area contributed by atoms with Crippen LogP contribution in [0.15, 0.2) is 84.6 Å². The van der Waals surface area contributed by atoms with Crippen LogP contribution in [-0.2, 0) is 0 Å². The maximum absolute atomic E-state index is 12.9. The van der Waals surface area contributed by atoms with Gasteiger partial charge < -0.3 is 21.3 Å². The van der Waals surface area contributed by atoms with Crippen molar-refractivity contribution in [1.82, 2.24) is 14.9 Å². The van der Waals surface area contributed by atoms with Gasteiger partial charge in [0.25, 0.3) is 5.91 Å². The normalized spacial score (nSPS) is 16.1. The second-order valence-electron chi connectivity index (χ2n) is 8.88. The van der Waals surface area contributed by atoms with E-state index < -0.39 is 0 Å². The van der Waals surface area contributed by atoms with Crippen LogP contribution in [0.25, 0.3) is 10.4 Å². The number of piperidine rings is 1. The number of carbonyl (C=O) groups is 1. The van der Waals surface area contributed by atoms with Gasteiger partial charge in [-0.15, -0.1) is 11.3 Å². The topological polar surface area (TPSA) is 96.2 Å². The molecule has 0 saturated carbocycles. The van der Waals surface area contributed by atoms with Gasteiger partial charge in [0.15, 0.2) is 0 Å². The van der Waals surface area contributed by atoms with Crippen LogP contribution in [0.5, 0.6) is 0 Å². The molecule has 1 aliphatic heterocycles. The van der Waals surface area contributed by atoms with E-state index in [1.165, 1.54) is 5.57 Å². The SMILES string of the molecule is C=C/C=C\C(=C/C)C1(Nc2ncc(C(=O)Nc3cc(-c4cccs4)ccc3N)cn2)CCN(C)CC1. The largest absolute Gasteiger partial charge is 0.397 e. The summed E-state index contributed by atoms with van der Waals surface area (Å²) in [5.41, 5.74) is 9.42. The van der Waals surface area contributed by atoms with E-state index in [0.29, 0.717) is 22.9 Å². The third kappa shape index (κ3) is 5.72. The Balaban J connectivity index is 1.51. The molecule has 0 bridgehead atoms. The summed E-state index contributed by atoms with van der Waals surface area (Å²) in [5, 5.41) is 8.48. The maximum Gasteiger partial charge on any atom is 0.258 e. The van der Waals surface area contributed by atoms with Crippen LogP contribution >= 0.6 is 11.3 Å². The van der Waals surface area contributed by atoms with Crippen molar-refractivity contribution in [2.24, 2.45) is 0 Å². The molecule has 0 spiro atoms. The summed E-state index contributed by atoms with van der Waals surface area (Å²) in [5.74, 6) is 0.176.